The van der Waals surface area contributed by atoms with Crippen LogP contribution >= 0.6 is 0 Å². The third kappa shape index (κ3) is 46.7. The average Bonchev–Trinajstić information content (AvgIpc) is 3.43. The fourth-order valence-electron chi connectivity index (χ4n) is 10.9. The third-order valence-electron chi connectivity index (χ3n) is 16.2. The van der Waals surface area contributed by atoms with Crippen LogP contribution in [0.4, 0.5) is 0 Å². The predicted octanol–water partition coefficient (Wildman–Crippen LogP) is 17.9. The minimum absolute atomic E-state index is 0.184. The van der Waals surface area contributed by atoms with E-state index in [0.717, 1.165) is 38.5 Å². The highest BCUT2D eigenvalue weighted by Gasteiger charge is 2.44. The summed E-state index contributed by atoms with van der Waals surface area (Å²) in [4.78, 5) is 13.1. The number of unbranched alkanes of at least 4 members (excludes halogenated alkanes) is 45. The largest absolute Gasteiger partial charge is 0.394 e. The van der Waals surface area contributed by atoms with Crippen LogP contribution in [0.1, 0.15) is 335 Å². The van der Waals surface area contributed by atoms with Crippen molar-refractivity contribution in [3.63, 3.8) is 0 Å². The summed E-state index contributed by atoms with van der Waals surface area (Å²) < 4.78 is 11.3. The summed E-state index contributed by atoms with van der Waals surface area (Å²) in [5.41, 5.74) is 0. The Morgan fingerprint density at radius 2 is 0.740 bits per heavy atom. The van der Waals surface area contributed by atoms with E-state index in [1.807, 2.05) is 6.08 Å². The fraction of sp³-hybridized carbons (Fsp3) is 0.897. The van der Waals surface area contributed by atoms with Crippen LogP contribution in [0.25, 0.3) is 0 Å². The molecule has 1 aliphatic rings. The first kappa shape index (κ1) is 73.4. The summed E-state index contributed by atoms with van der Waals surface area (Å²) in [6.45, 7) is 3.81. The number of aliphatic hydroxyl groups excluding tert-OH is 5. The number of carbonyl (C=O) groups is 1. The van der Waals surface area contributed by atoms with E-state index in [0.29, 0.717) is 6.42 Å². The first-order valence-electron chi connectivity index (χ1n) is 33.7. The molecule has 1 saturated heterocycles. The Hall–Kier alpha value is -1.59. The third-order valence-corrected chi connectivity index (χ3v) is 16.2. The Balaban J connectivity index is 2.15. The van der Waals surface area contributed by atoms with Gasteiger partial charge in [-0.3, -0.25) is 4.79 Å². The van der Waals surface area contributed by atoms with Crippen LogP contribution in [0.3, 0.4) is 0 Å². The molecule has 9 nitrogen and oxygen atoms in total. The van der Waals surface area contributed by atoms with Gasteiger partial charge in [0.2, 0.25) is 5.91 Å². The summed E-state index contributed by atoms with van der Waals surface area (Å²) in [6.07, 6.45) is 69.7. The molecule has 454 valence electrons. The molecular weight excluding hydrogens is 959 g/mol. The van der Waals surface area contributed by atoms with E-state index >= 15 is 0 Å². The quantitative estimate of drug-likeness (QED) is 0.0261. The molecule has 0 aromatic heterocycles. The first-order chi connectivity index (χ1) is 37.8. The number of ether oxygens (including phenoxy) is 2. The van der Waals surface area contributed by atoms with Gasteiger partial charge in [-0.25, -0.2) is 0 Å². The second-order valence-electron chi connectivity index (χ2n) is 23.6. The van der Waals surface area contributed by atoms with Gasteiger partial charge in [0.05, 0.1) is 25.4 Å². The number of allylic oxidation sites excluding steroid dienone is 5. The zero-order valence-electron chi connectivity index (χ0n) is 50.7. The Labute approximate surface area is 476 Å². The first-order valence-corrected chi connectivity index (χ1v) is 33.7. The van der Waals surface area contributed by atoms with Gasteiger partial charge in [0, 0.05) is 6.42 Å². The molecule has 6 N–H and O–H groups in total. The van der Waals surface area contributed by atoms with Crippen LogP contribution in [0, 0.1) is 0 Å². The maximum atomic E-state index is 13.1. The van der Waals surface area contributed by atoms with Gasteiger partial charge in [0.15, 0.2) is 6.29 Å². The van der Waals surface area contributed by atoms with E-state index < -0.39 is 49.5 Å². The zero-order chi connectivity index (χ0) is 55.8. The molecule has 1 amide bonds. The van der Waals surface area contributed by atoms with Crippen molar-refractivity contribution < 1.29 is 39.8 Å². The van der Waals surface area contributed by atoms with E-state index in [-0.39, 0.29) is 12.5 Å². The minimum Gasteiger partial charge on any atom is -0.394 e. The van der Waals surface area contributed by atoms with Gasteiger partial charge in [-0.1, -0.05) is 307 Å². The van der Waals surface area contributed by atoms with Gasteiger partial charge in [0.25, 0.3) is 0 Å². The summed E-state index contributed by atoms with van der Waals surface area (Å²) in [5.74, 6) is -0.184. The Kier molecular flexibility index (Phi) is 55.0. The molecule has 0 radical (unpaired) electrons. The fourth-order valence-corrected chi connectivity index (χ4v) is 10.9. The van der Waals surface area contributed by atoms with Gasteiger partial charge in [0.1, 0.15) is 24.4 Å². The zero-order valence-corrected chi connectivity index (χ0v) is 50.7. The van der Waals surface area contributed by atoms with Gasteiger partial charge in [-0.05, 0) is 57.8 Å². The lowest BCUT2D eigenvalue weighted by Crippen LogP contribution is -2.60. The van der Waals surface area contributed by atoms with Crippen molar-refractivity contribution in [2.45, 2.75) is 378 Å². The molecule has 0 aliphatic carbocycles. The average molecular weight is 1090 g/mol. The smallest absolute Gasteiger partial charge is 0.220 e. The number of carbonyl (C=O) groups excluding carboxylic acids is 1. The number of hydrogen-bond acceptors (Lipinski definition) is 8. The maximum Gasteiger partial charge on any atom is 0.220 e. The van der Waals surface area contributed by atoms with Crippen molar-refractivity contribution in [3.05, 3.63) is 36.5 Å². The Morgan fingerprint density at radius 1 is 0.429 bits per heavy atom. The van der Waals surface area contributed by atoms with E-state index in [9.17, 15) is 30.3 Å². The van der Waals surface area contributed by atoms with Crippen LogP contribution in [-0.4, -0.2) is 87.5 Å². The molecule has 1 fully saturated rings. The molecule has 9 heteroatoms. The van der Waals surface area contributed by atoms with Crippen molar-refractivity contribution in [2.75, 3.05) is 13.2 Å². The number of aliphatic hydroxyl groups is 5. The van der Waals surface area contributed by atoms with Crippen molar-refractivity contribution in [1.82, 2.24) is 5.32 Å². The minimum atomic E-state index is -1.57. The number of amides is 1. The van der Waals surface area contributed by atoms with Gasteiger partial charge in [-0.2, -0.15) is 0 Å². The summed E-state index contributed by atoms with van der Waals surface area (Å²) in [5, 5.41) is 54.7. The van der Waals surface area contributed by atoms with E-state index in [4.69, 9.17) is 9.47 Å². The lowest BCUT2D eigenvalue weighted by Gasteiger charge is -2.40. The maximum absolute atomic E-state index is 13.1. The lowest BCUT2D eigenvalue weighted by molar-refractivity contribution is -0.302. The molecule has 1 aliphatic heterocycles. The lowest BCUT2D eigenvalue weighted by atomic mass is 9.99. The van der Waals surface area contributed by atoms with Crippen molar-refractivity contribution in [3.8, 4) is 0 Å². The van der Waals surface area contributed by atoms with Gasteiger partial charge < -0.3 is 40.3 Å². The monoisotopic (exact) mass is 1090 g/mol. The van der Waals surface area contributed by atoms with Gasteiger partial charge >= 0.3 is 0 Å². The number of hydrogen-bond donors (Lipinski definition) is 6. The highest BCUT2D eigenvalue weighted by Crippen LogP contribution is 2.23. The second kappa shape index (κ2) is 57.6. The van der Waals surface area contributed by atoms with E-state index in [1.165, 1.54) is 276 Å². The highest BCUT2D eigenvalue weighted by molar-refractivity contribution is 5.76. The van der Waals surface area contributed by atoms with Crippen LogP contribution in [0.15, 0.2) is 36.5 Å². The molecular formula is C68H129NO8. The molecule has 1 heterocycles. The standard InChI is InChI=1S/C68H129NO8/c1-3-5-7-9-11-13-15-17-19-21-23-25-26-27-28-29-30-31-32-33-34-35-36-38-39-41-43-45-47-49-51-53-55-57-62(71)61(60-76-68-67(75)66(74)65(73)63(59-70)77-68)69-64(72)58-56-54-52-50-48-46-44-42-40-37-24-22-20-18-16-14-12-10-8-6-4-2/h22,24,47,49,55,57,61-63,65-68,70-71,73-75H,3-21,23,25-46,48,50-54,56,58-60H2,1-2H3,(H,69,72)/b24-22-,49-47+,57-55+. The SMILES string of the molecule is CCCCCCCCCC/C=C\CCCCCCCCCCCC(=O)NC(COC1OC(CO)C(O)C(O)C1O)C(O)/C=C/CC/C=C/CCCCCCCCCCCCCCCCCCCCCCCCCCCCC. The van der Waals surface area contributed by atoms with Crippen molar-refractivity contribution in [1.29, 1.82) is 0 Å². The topological polar surface area (TPSA) is 149 Å². The Morgan fingerprint density at radius 3 is 1.09 bits per heavy atom. The highest BCUT2D eigenvalue weighted by atomic mass is 16.7. The summed E-state index contributed by atoms with van der Waals surface area (Å²) >= 11 is 0. The Bertz CT molecular complexity index is 1310. The van der Waals surface area contributed by atoms with Crippen LogP contribution < -0.4 is 5.32 Å². The van der Waals surface area contributed by atoms with E-state index in [2.05, 4.69) is 43.5 Å². The van der Waals surface area contributed by atoms with Crippen LogP contribution in [0.5, 0.6) is 0 Å². The molecule has 0 spiro atoms. The summed E-state index contributed by atoms with van der Waals surface area (Å²) in [7, 11) is 0. The molecule has 77 heavy (non-hydrogen) atoms. The molecule has 0 bridgehead atoms. The van der Waals surface area contributed by atoms with Crippen LogP contribution in [-0.2, 0) is 14.3 Å². The van der Waals surface area contributed by atoms with Crippen molar-refractivity contribution in [2.24, 2.45) is 0 Å². The van der Waals surface area contributed by atoms with Crippen LogP contribution in [0.2, 0.25) is 0 Å². The summed E-state index contributed by atoms with van der Waals surface area (Å²) in [6, 6.07) is -0.824. The molecule has 0 aromatic rings. The van der Waals surface area contributed by atoms with E-state index in [1.54, 1.807) is 6.08 Å². The number of nitrogens with one attached hydrogen (secondary N) is 1. The predicted molar refractivity (Wildman–Crippen MR) is 327 cm³/mol. The molecule has 0 aromatic carbocycles. The molecule has 7 atom stereocenters. The second-order valence-corrected chi connectivity index (χ2v) is 23.6. The van der Waals surface area contributed by atoms with Gasteiger partial charge in [-0.15, -0.1) is 0 Å². The molecule has 7 unspecified atom stereocenters. The molecule has 0 saturated carbocycles. The normalized spacial score (nSPS) is 18.9. The number of rotatable bonds is 59. The van der Waals surface area contributed by atoms with Crippen molar-refractivity contribution >= 4 is 5.91 Å². The molecule has 1 rings (SSSR count).